The van der Waals surface area contributed by atoms with Gasteiger partial charge in [-0.3, -0.25) is 4.98 Å². The third-order valence-corrected chi connectivity index (χ3v) is 6.93. The summed E-state index contributed by atoms with van der Waals surface area (Å²) in [4.78, 5) is 4.90. The molecule has 0 spiro atoms. The van der Waals surface area contributed by atoms with E-state index in [1.165, 1.54) is 0 Å². The molecule has 3 heterocycles. The molecule has 0 radical (unpaired) electrons. The Balaban J connectivity index is 1.65. The Bertz CT molecular complexity index is 1020. The average molecular weight is 383 g/mol. The molecule has 3 aromatic rings. The molecule has 0 unspecified atom stereocenters. The molecule has 6 nitrogen and oxygen atoms in total. The molecule has 1 aromatic carbocycles. The third kappa shape index (κ3) is 3.17. The van der Waals surface area contributed by atoms with Gasteiger partial charge in [0.15, 0.2) is 0 Å². The molecule has 140 valence electrons. The minimum atomic E-state index is -3.53. The molecule has 0 amide bonds. The van der Waals surface area contributed by atoms with Gasteiger partial charge in [-0.1, -0.05) is 29.4 Å². The Morgan fingerprint density at radius 2 is 1.89 bits per heavy atom. The second-order valence-electron chi connectivity index (χ2n) is 6.76. The van der Waals surface area contributed by atoms with E-state index in [0.717, 1.165) is 41.1 Å². The van der Waals surface area contributed by atoms with Crippen LogP contribution in [-0.2, 0) is 10.0 Å². The lowest BCUT2D eigenvalue weighted by Crippen LogP contribution is -2.31. The fraction of sp³-hybridized carbons (Fsp3) is 0.300. The van der Waals surface area contributed by atoms with Crippen molar-refractivity contribution in [3.63, 3.8) is 0 Å². The Hall–Kier alpha value is -2.51. The van der Waals surface area contributed by atoms with Crippen LogP contribution in [0.2, 0.25) is 0 Å². The van der Waals surface area contributed by atoms with Crippen LogP contribution in [0.5, 0.6) is 0 Å². The number of benzene rings is 1. The van der Waals surface area contributed by atoms with E-state index in [1.807, 2.05) is 32.0 Å². The van der Waals surface area contributed by atoms with Crippen LogP contribution in [0.25, 0.3) is 11.1 Å². The minimum absolute atomic E-state index is 0.242. The predicted octanol–water partition coefficient (Wildman–Crippen LogP) is 3.88. The van der Waals surface area contributed by atoms with Crippen LogP contribution in [0.3, 0.4) is 0 Å². The summed E-state index contributed by atoms with van der Waals surface area (Å²) in [6, 6.07) is 12.2. The molecule has 1 aliphatic heterocycles. The van der Waals surface area contributed by atoms with Crippen LogP contribution in [0, 0.1) is 13.8 Å². The van der Waals surface area contributed by atoms with Gasteiger partial charge in [0.1, 0.15) is 5.76 Å². The van der Waals surface area contributed by atoms with Gasteiger partial charge in [-0.15, -0.1) is 0 Å². The largest absolute Gasteiger partial charge is 0.361 e. The van der Waals surface area contributed by atoms with Crippen molar-refractivity contribution in [3.8, 4) is 11.1 Å². The van der Waals surface area contributed by atoms with Crippen LogP contribution in [0.4, 0.5) is 0 Å². The van der Waals surface area contributed by atoms with Gasteiger partial charge in [0.25, 0.3) is 0 Å². The van der Waals surface area contributed by atoms with E-state index in [4.69, 9.17) is 4.52 Å². The van der Waals surface area contributed by atoms with Crippen LogP contribution < -0.4 is 0 Å². The van der Waals surface area contributed by atoms with E-state index in [2.05, 4.69) is 10.1 Å². The van der Waals surface area contributed by atoms with Gasteiger partial charge < -0.3 is 4.52 Å². The summed E-state index contributed by atoms with van der Waals surface area (Å²) in [5, 5.41) is 3.98. The van der Waals surface area contributed by atoms with Crippen molar-refractivity contribution in [2.24, 2.45) is 0 Å². The number of hydrogen-bond acceptors (Lipinski definition) is 5. The molecule has 27 heavy (non-hydrogen) atoms. The maximum Gasteiger partial charge on any atom is 0.243 e. The van der Waals surface area contributed by atoms with E-state index in [9.17, 15) is 8.42 Å². The zero-order valence-corrected chi connectivity index (χ0v) is 16.1. The summed E-state index contributed by atoms with van der Waals surface area (Å²) in [7, 11) is -3.53. The summed E-state index contributed by atoms with van der Waals surface area (Å²) >= 11 is 0. The Kier molecular flexibility index (Phi) is 4.57. The summed E-state index contributed by atoms with van der Waals surface area (Å²) in [6.45, 7) is 4.27. The highest BCUT2D eigenvalue weighted by Crippen LogP contribution is 2.36. The van der Waals surface area contributed by atoms with E-state index >= 15 is 0 Å². The van der Waals surface area contributed by atoms with E-state index in [1.54, 1.807) is 34.8 Å². The second-order valence-corrected chi connectivity index (χ2v) is 8.65. The van der Waals surface area contributed by atoms with E-state index in [-0.39, 0.29) is 6.04 Å². The molecule has 4 rings (SSSR count). The lowest BCUT2D eigenvalue weighted by atomic mass is 10.0. The summed E-state index contributed by atoms with van der Waals surface area (Å²) in [5.74, 6) is 0.746. The maximum absolute atomic E-state index is 13.0. The van der Waals surface area contributed by atoms with Crippen molar-refractivity contribution >= 4 is 10.0 Å². The fourth-order valence-electron chi connectivity index (χ4n) is 3.70. The van der Waals surface area contributed by atoms with E-state index in [0.29, 0.717) is 11.4 Å². The van der Waals surface area contributed by atoms with Gasteiger partial charge in [0.05, 0.1) is 22.3 Å². The van der Waals surface area contributed by atoms with E-state index < -0.39 is 10.0 Å². The molecule has 0 bridgehead atoms. The smallest absolute Gasteiger partial charge is 0.243 e. The first-order valence-corrected chi connectivity index (χ1v) is 10.4. The molecule has 1 aliphatic rings. The Labute approximate surface area is 158 Å². The first kappa shape index (κ1) is 17.9. The Morgan fingerprint density at radius 1 is 1.11 bits per heavy atom. The van der Waals surface area contributed by atoms with Gasteiger partial charge in [0, 0.05) is 23.9 Å². The zero-order chi connectivity index (χ0) is 19.0. The average Bonchev–Trinajstić information content (AvgIpc) is 3.30. The number of aryl methyl sites for hydroxylation is 2. The van der Waals surface area contributed by atoms with Crippen molar-refractivity contribution < 1.29 is 12.9 Å². The highest BCUT2D eigenvalue weighted by Gasteiger charge is 2.36. The third-order valence-electron chi connectivity index (χ3n) is 5.00. The first-order valence-electron chi connectivity index (χ1n) is 8.94. The van der Waals surface area contributed by atoms with Crippen LogP contribution in [-0.4, -0.2) is 29.4 Å². The molecule has 1 fully saturated rings. The monoisotopic (exact) mass is 383 g/mol. The van der Waals surface area contributed by atoms with Crippen molar-refractivity contribution in [3.05, 3.63) is 65.8 Å². The molecule has 0 N–H and O–H groups in total. The van der Waals surface area contributed by atoms with Gasteiger partial charge >= 0.3 is 0 Å². The molecule has 2 aromatic heterocycles. The van der Waals surface area contributed by atoms with Crippen LogP contribution in [0.15, 0.2) is 58.1 Å². The number of pyridine rings is 1. The number of hydrogen-bond donors (Lipinski definition) is 0. The van der Waals surface area contributed by atoms with Gasteiger partial charge in [-0.05, 0) is 44.9 Å². The maximum atomic E-state index is 13.0. The molecular weight excluding hydrogens is 362 g/mol. The zero-order valence-electron chi connectivity index (χ0n) is 15.3. The molecule has 7 heteroatoms. The molecule has 0 aliphatic carbocycles. The van der Waals surface area contributed by atoms with Crippen LogP contribution >= 0.6 is 0 Å². The summed E-state index contributed by atoms with van der Waals surface area (Å²) in [6.07, 6.45) is 3.36. The minimum Gasteiger partial charge on any atom is -0.361 e. The standard InChI is InChI=1S/C20H21N3O3S/c1-14-20(15(2)26-22-14)16-10-11-18(21-13-16)19-9-6-12-23(19)27(24,25)17-7-4-3-5-8-17/h3-5,7-8,10-11,13,19H,6,9,12H2,1-2H3/t19-/m1/s1. The van der Waals surface area contributed by atoms with Gasteiger partial charge in [-0.2, -0.15) is 4.31 Å². The molecule has 0 saturated carbocycles. The summed E-state index contributed by atoms with van der Waals surface area (Å²) < 4.78 is 32.9. The topological polar surface area (TPSA) is 76.3 Å². The Morgan fingerprint density at radius 3 is 2.52 bits per heavy atom. The predicted molar refractivity (Wildman–Crippen MR) is 102 cm³/mol. The SMILES string of the molecule is Cc1noc(C)c1-c1ccc([C@H]2CCCN2S(=O)(=O)c2ccccc2)nc1. The molecule has 1 atom stereocenters. The molecular formula is C20H21N3O3S. The highest BCUT2D eigenvalue weighted by atomic mass is 32.2. The number of sulfonamides is 1. The quantitative estimate of drug-likeness (QED) is 0.683. The fourth-order valence-corrected chi connectivity index (χ4v) is 5.39. The number of rotatable bonds is 4. The van der Waals surface area contributed by atoms with Crippen LogP contribution in [0.1, 0.15) is 36.0 Å². The highest BCUT2D eigenvalue weighted by molar-refractivity contribution is 7.89. The normalized spacial score (nSPS) is 18.1. The van der Waals surface area contributed by atoms with Crippen molar-refractivity contribution in [1.82, 2.24) is 14.4 Å². The lowest BCUT2D eigenvalue weighted by Gasteiger charge is -2.23. The van der Waals surface area contributed by atoms with Crippen molar-refractivity contribution in [1.29, 1.82) is 0 Å². The van der Waals surface area contributed by atoms with Crippen molar-refractivity contribution in [2.75, 3.05) is 6.54 Å². The summed E-state index contributed by atoms with van der Waals surface area (Å²) in [5.41, 5.74) is 3.44. The molecule has 1 saturated heterocycles. The van der Waals surface area contributed by atoms with Gasteiger partial charge in [0.2, 0.25) is 10.0 Å². The van der Waals surface area contributed by atoms with Crippen molar-refractivity contribution in [2.45, 2.75) is 37.6 Å². The second kappa shape index (κ2) is 6.90. The first-order chi connectivity index (χ1) is 13.0. The number of nitrogens with zero attached hydrogens (tertiary/aromatic N) is 3. The lowest BCUT2D eigenvalue weighted by molar-refractivity contribution is 0.390. The van der Waals surface area contributed by atoms with Gasteiger partial charge in [-0.25, -0.2) is 8.42 Å². The number of aromatic nitrogens is 2.